The van der Waals surface area contributed by atoms with E-state index in [4.69, 9.17) is 0 Å². The summed E-state index contributed by atoms with van der Waals surface area (Å²) in [4.78, 5) is 0. The van der Waals surface area contributed by atoms with E-state index >= 15 is 0 Å². The molecule has 2 nitrogen and oxygen atoms in total. The van der Waals surface area contributed by atoms with Crippen LogP contribution in [0.2, 0.25) is 0 Å². The number of nitrogens with zero attached hydrogens (tertiary/aromatic N) is 2. The Bertz CT molecular complexity index is 659. The molecule has 2 aliphatic heterocycles. The number of rotatable bonds is 0. The summed E-state index contributed by atoms with van der Waals surface area (Å²) in [5.41, 5.74) is -0.526. The smallest absolute Gasteiger partial charge is 0.164 e. The molecular weight excluding hydrogens is 249 g/mol. The number of halogens is 3. The Morgan fingerprint density at radius 3 is 2.59 bits per heavy atom. The van der Waals surface area contributed by atoms with Crippen LogP contribution in [0.1, 0.15) is 5.69 Å². The van der Waals surface area contributed by atoms with E-state index in [2.05, 4.69) is 10.2 Å². The fraction of sp³-hybridized carbons (Fsp3) is 0.0909. The van der Waals surface area contributed by atoms with E-state index in [9.17, 15) is 13.2 Å². The highest BCUT2D eigenvalue weighted by atomic mass is 32.1. The van der Waals surface area contributed by atoms with Crippen LogP contribution >= 0.6 is 11.3 Å². The Morgan fingerprint density at radius 2 is 1.82 bits per heavy atom. The molecule has 0 amide bonds. The van der Waals surface area contributed by atoms with Crippen molar-refractivity contribution in [3.05, 3.63) is 35.3 Å². The van der Waals surface area contributed by atoms with E-state index < -0.39 is 11.9 Å². The molecule has 17 heavy (non-hydrogen) atoms. The van der Waals surface area contributed by atoms with Crippen LogP contribution in [0.4, 0.5) is 13.2 Å². The third kappa shape index (κ3) is 1.56. The van der Waals surface area contributed by atoms with E-state index in [-0.39, 0.29) is 5.56 Å². The van der Waals surface area contributed by atoms with Crippen molar-refractivity contribution in [1.82, 2.24) is 10.2 Å². The van der Waals surface area contributed by atoms with Crippen molar-refractivity contribution in [2.24, 2.45) is 0 Å². The van der Waals surface area contributed by atoms with Crippen molar-refractivity contribution < 1.29 is 13.2 Å². The largest absolute Gasteiger partial charge is 0.435 e. The average molecular weight is 254 g/mol. The molecule has 86 valence electrons. The van der Waals surface area contributed by atoms with Gasteiger partial charge in [0.05, 0.1) is 0 Å². The minimum atomic E-state index is -4.45. The number of hydrogen-bond acceptors (Lipinski definition) is 3. The van der Waals surface area contributed by atoms with Gasteiger partial charge in [0, 0.05) is 21.0 Å². The van der Waals surface area contributed by atoms with Crippen molar-refractivity contribution in [1.29, 1.82) is 0 Å². The second-order valence-corrected chi connectivity index (χ2v) is 4.45. The number of aromatic nitrogens is 2. The highest BCUT2D eigenvalue weighted by Crippen LogP contribution is 2.40. The topological polar surface area (TPSA) is 25.8 Å². The molecule has 1 aromatic carbocycles. The van der Waals surface area contributed by atoms with Gasteiger partial charge in [0.15, 0.2) is 5.69 Å². The summed E-state index contributed by atoms with van der Waals surface area (Å²) in [6.07, 6.45) is -4.45. The first-order valence-electron chi connectivity index (χ1n) is 4.77. The second-order valence-electron chi connectivity index (χ2n) is 3.54. The van der Waals surface area contributed by atoms with Crippen molar-refractivity contribution >= 4 is 21.4 Å². The van der Waals surface area contributed by atoms with E-state index in [0.29, 0.717) is 11.1 Å². The van der Waals surface area contributed by atoms with E-state index in [1.165, 1.54) is 16.7 Å². The van der Waals surface area contributed by atoms with Gasteiger partial charge in [0.1, 0.15) is 5.69 Å². The molecule has 2 aliphatic rings. The molecule has 2 heterocycles. The molecule has 0 bridgehead atoms. The van der Waals surface area contributed by atoms with Crippen LogP contribution in [-0.4, -0.2) is 10.2 Å². The first kappa shape index (κ1) is 10.5. The van der Waals surface area contributed by atoms with Crippen LogP contribution in [0, 0.1) is 0 Å². The van der Waals surface area contributed by atoms with Crippen LogP contribution in [0.3, 0.4) is 0 Å². The summed E-state index contributed by atoms with van der Waals surface area (Å²) < 4.78 is 38.9. The lowest BCUT2D eigenvalue weighted by Gasteiger charge is -2.05. The molecule has 0 saturated carbocycles. The lowest BCUT2D eigenvalue weighted by Crippen LogP contribution is -2.06. The third-order valence-electron chi connectivity index (χ3n) is 2.47. The Morgan fingerprint density at radius 1 is 1.06 bits per heavy atom. The van der Waals surface area contributed by atoms with Crippen molar-refractivity contribution in [3.8, 4) is 11.3 Å². The van der Waals surface area contributed by atoms with Crippen LogP contribution in [0.15, 0.2) is 29.6 Å². The molecule has 6 heteroatoms. The van der Waals surface area contributed by atoms with E-state index in [1.54, 1.807) is 12.1 Å². The molecule has 3 rings (SSSR count). The predicted octanol–water partition coefficient (Wildman–Crippen LogP) is 3.81. The van der Waals surface area contributed by atoms with Gasteiger partial charge in [-0.1, -0.05) is 18.2 Å². The van der Waals surface area contributed by atoms with Crippen molar-refractivity contribution in [2.75, 3.05) is 0 Å². The maximum Gasteiger partial charge on any atom is 0.435 e. The summed E-state index contributed by atoms with van der Waals surface area (Å²) in [7, 11) is 0. The lowest BCUT2D eigenvalue weighted by molar-refractivity contribution is -0.140. The minimum Gasteiger partial charge on any atom is -0.164 e. The highest BCUT2D eigenvalue weighted by molar-refractivity contribution is 7.17. The van der Waals surface area contributed by atoms with Gasteiger partial charge in [-0.2, -0.15) is 13.2 Å². The van der Waals surface area contributed by atoms with Crippen LogP contribution in [-0.2, 0) is 6.18 Å². The number of benzene rings is 1. The molecule has 1 aromatic rings. The summed E-state index contributed by atoms with van der Waals surface area (Å²) in [5.74, 6) is 0. The van der Waals surface area contributed by atoms with Crippen LogP contribution in [0.25, 0.3) is 21.3 Å². The Balaban J connectivity index is 2.36. The van der Waals surface area contributed by atoms with Crippen LogP contribution in [0.5, 0.6) is 0 Å². The first-order chi connectivity index (χ1) is 8.07. The number of hydrogen-bond donors (Lipinski definition) is 0. The molecule has 0 aromatic heterocycles. The van der Waals surface area contributed by atoms with Gasteiger partial charge in [-0.05, 0) is 6.07 Å². The van der Waals surface area contributed by atoms with Crippen molar-refractivity contribution in [2.45, 2.75) is 6.18 Å². The van der Waals surface area contributed by atoms with Gasteiger partial charge in [-0.25, -0.2) is 0 Å². The molecule has 0 unspecified atom stereocenters. The van der Waals surface area contributed by atoms with Gasteiger partial charge >= 0.3 is 6.18 Å². The Labute approximate surface area is 98.1 Å². The fourth-order valence-corrected chi connectivity index (χ4v) is 2.64. The van der Waals surface area contributed by atoms with Gasteiger partial charge in [0.2, 0.25) is 0 Å². The average Bonchev–Trinajstić information content (AvgIpc) is 2.72. The molecular formula is C11H5F3N2S. The summed E-state index contributed by atoms with van der Waals surface area (Å²) in [6.45, 7) is 0. The summed E-state index contributed by atoms with van der Waals surface area (Å²) in [5, 5.41) is 9.06. The van der Waals surface area contributed by atoms with Crippen molar-refractivity contribution in [3.63, 3.8) is 0 Å². The molecule has 0 saturated heterocycles. The second kappa shape index (κ2) is 3.40. The zero-order chi connectivity index (χ0) is 12.0. The van der Waals surface area contributed by atoms with Gasteiger partial charge < -0.3 is 0 Å². The molecule has 0 N–H and O–H groups in total. The third-order valence-corrected chi connectivity index (χ3v) is 3.44. The Hall–Kier alpha value is -1.69. The zero-order valence-electron chi connectivity index (χ0n) is 8.32. The lowest BCUT2D eigenvalue weighted by atomic mass is 10.1. The van der Waals surface area contributed by atoms with Gasteiger partial charge in [-0.15, -0.1) is 21.5 Å². The van der Waals surface area contributed by atoms with Crippen LogP contribution < -0.4 is 0 Å². The maximum atomic E-state index is 12.7. The highest BCUT2D eigenvalue weighted by Gasteiger charge is 2.38. The zero-order valence-corrected chi connectivity index (χ0v) is 9.14. The molecule has 0 fully saturated rings. The predicted molar refractivity (Wildman–Crippen MR) is 59.0 cm³/mol. The standard InChI is InChI=1S/C11H5F3N2S/c12-11(13,14)10-7-5-17-8-4-2-1-3-6(8)9(7)15-16-10/h1-5H. The number of alkyl halides is 3. The minimum absolute atomic E-state index is 0.0706. The summed E-state index contributed by atoms with van der Waals surface area (Å²) >= 11 is 1.26. The van der Waals surface area contributed by atoms with E-state index in [1.807, 2.05) is 12.1 Å². The van der Waals surface area contributed by atoms with Gasteiger partial charge in [-0.3, -0.25) is 0 Å². The molecule has 0 aliphatic carbocycles. The SMILES string of the molecule is FC(F)(F)c1nnc2c3ccccc3scc1-2. The quantitative estimate of drug-likeness (QED) is 0.609. The first-order valence-corrected chi connectivity index (χ1v) is 5.65. The maximum absolute atomic E-state index is 12.7. The Kier molecular flexibility index (Phi) is 2.09. The van der Waals surface area contributed by atoms with Gasteiger partial charge in [0.25, 0.3) is 0 Å². The molecule has 0 atom stereocenters. The number of fused-ring (bicyclic) bond motifs is 3. The molecule has 0 spiro atoms. The summed E-state index contributed by atoms with van der Waals surface area (Å²) in [6, 6.07) is 7.21. The normalized spacial score (nSPS) is 12.4. The van der Waals surface area contributed by atoms with E-state index in [0.717, 1.165) is 4.70 Å². The monoisotopic (exact) mass is 254 g/mol. The molecule has 0 radical (unpaired) electrons. The fourth-order valence-electron chi connectivity index (χ4n) is 1.73.